The lowest BCUT2D eigenvalue weighted by Gasteiger charge is -2.25. The summed E-state index contributed by atoms with van der Waals surface area (Å²) in [6, 6.07) is 0. The molecule has 0 amide bonds. The smallest absolute Gasteiger partial charge is 0.00480 e. The van der Waals surface area contributed by atoms with Crippen LogP contribution < -0.4 is 0 Å². The van der Waals surface area contributed by atoms with Gasteiger partial charge in [0.25, 0.3) is 0 Å². The van der Waals surface area contributed by atoms with Crippen molar-refractivity contribution in [1.29, 1.82) is 0 Å². The number of allylic oxidation sites excluding steroid dienone is 2. The molecule has 1 saturated heterocycles. The van der Waals surface area contributed by atoms with Crippen molar-refractivity contribution in [2.45, 2.75) is 71.6 Å². The predicted molar refractivity (Wildman–Crippen MR) is 76.9 cm³/mol. The number of hydrogen-bond donors (Lipinski definition) is 0. The molecule has 0 aromatic carbocycles. The number of thioether (sulfide) groups is 1. The molecule has 0 saturated carbocycles. The summed E-state index contributed by atoms with van der Waals surface area (Å²) in [6.07, 6.45) is 15.3. The monoisotopic (exact) mass is 240 g/mol. The van der Waals surface area contributed by atoms with E-state index in [1.807, 2.05) is 0 Å². The van der Waals surface area contributed by atoms with E-state index in [0.717, 1.165) is 5.92 Å². The van der Waals surface area contributed by atoms with Crippen molar-refractivity contribution in [3.63, 3.8) is 0 Å². The van der Waals surface area contributed by atoms with E-state index in [4.69, 9.17) is 0 Å². The fourth-order valence-corrected chi connectivity index (χ4v) is 3.06. The fourth-order valence-electron chi connectivity index (χ4n) is 2.13. The fraction of sp³-hybridized carbons (Fsp3) is 0.867. The SMILES string of the molecule is CCCCCCCCCC/C=C1/SCC1C. The lowest BCUT2D eigenvalue weighted by molar-refractivity contribution is 0.577. The molecule has 94 valence electrons. The van der Waals surface area contributed by atoms with E-state index >= 15 is 0 Å². The summed E-state index contributed by atoms with van der Waals surface area (Å²) in [5.74, 6) is 2.22. The molecule has 1 fully saturated rings. The van der Waals surface area contributed by atoms with Crippen LogP contribution in [0.3, 0.4) is 0 Å². The van der Waals surface area contributed by atoms with Crippen LogP contribution in [0.5, 0.6) is 0 Å². The molecule has 0 aromatic rings. The van der Waals surface area contributed by atoms with Gasteiger partial charge in [-0.2, -0.15) is 0 Å². The summed E-state index contributed by atoms with van der Waals surface area (Å²) in [5, 5.41) is 0. The molecule has 0 aliphatic carbocycles. The highest BCUT2D eigenvalue weighted by molar-refractivity contribution is 8.04. The lowest BCUT2D eigenvalue weighted by Crippen LogP contribution is -2.10. The van der Waals surface area contributed by atoms with Crippen LogP contribution in [0.1, 0.15) is 71.6 Å². The minimum Gasteiger partial charge on any atom is -0.130 e. The standard InChI is InChI=1S/C15H28S/c1-3-4-5-6-7-8-9-10-11-12-15-14(2)13-16-15/h12,14H,3-11,13H2,1-2H3/b15-12+. The summed E-state index contributed by atoms with van der Waals surface area (Å²) in [6.45, 7) is 4.63. The second-order valence-corrected chi connectivity index (χ2v) is 6.18. The maximum atomic E-state index is 2.48. The molecule has 0 spiro atoms. The molecule has 1 heterocycles. The Morgan fingerprint density at radius 1 is 1.06 bits per heavy atom. The zero-order valence-corrected chi connectivity index (χ0v) is 12.0. The Hall–Kier alpha value is 0.0900. The molecule has 1 atom stereocenters. The van der Waals surface area contributed by atoms with Gasteiger partial charge in [-0.1, -0.05) is 64.9 Å². The van der Waals surface area contributed by atoms with Crippen LogP contribution >= 0.6 is 11.8 Å². The lowest BCUT2D eigenvalue weighted by atomic mass is 10.1. The second kappa shape index (κ2) is 9.15. The minimum atomic E-state index is 0.874. The Bertz CT molecular complexity index is 196. The van der Waals surface area contributed by atoms with Gasteiger partial charge in [-0.25, -0.2) is 0 Å². The van der Waals surface area contributed by atoms with Gasteiger partial charge in [-0.15, -0.1) is 11.8 Å². The van der Waals surface area contributed by atoms with E-state index in [1.165, 1.54) is 63.5 Å². The number of unbranched alkanes of at least 4 members (excludes halogenated alkanes) is 8. The summed E-state index contributed by atoms with van der Waals surface area (Å²) < 4.78 is 0. The molecule has 1 unspecified atom stereocenters. The van der Waals surface area contributed by atoms with Gasteiger partial charge in [0.1, 0.15) is 0 Å². The van der Waals surface area contributed by atoms with Gasteiger partial charge in [0.15, 0.2) is 0 Å². The third kappa shape index (κ3) is 5.98. The van der Waals surface area contributed by atoms with E-state index < -0.39 is 0 Å². The van der Waals surface area contributed by atoms with Gasteiger partial charge < -0.3 is 0 Å². The van der Waals surface area contributed by atoms with E-state index in [9.17, 15) is 0 Å². The summed E-state index contributed by atoms with van der Waals surface area (Å²) in [7, 11) is 0. The Balaban J connectivity index is 1.80. The summed E-state index contributed by atoms with van der Waals surface area (Å²) in [5.41, 5.74) is 0. The largest absolute Gasteiger partial charge is 0.130 e. The third-order valence-corrected chi connectivity index (χ3v) is 4.96. The molecule has 0 nitrogen and oxygen atoms in total. The molecular weight excluding hydrogens is 212 g/mol. The number of hydrogen-bond acceptors (Lipinski definition) is 1. The Kier molecular flexibility index (Phi) is 8.10. The van der Waals surface area contributed by atoms with Crippen molar-refractivity contribution in [2.75, 3.05) is 5.75 Å². The first-order valence-corrected chi connectivity index (χ1v) is 8.16. The Labute approximate surface area is 106 Å². The predicted octanol–water partition coefficient (Wildman–Crippen LogP) is 5.78. The third-order valence-electron chi connectivity index (χ3n) is 3.39. The highest BCUT2D eigenvalue weighted by Gasteiger charge is 2.18. The maximum Gasteiger partial charge on any atom is 0.00480 e. The molecule has 0 N–H and O–H groups in total. The van der Waals surface area contributed by atoms with Gasteiger partial charge >= 0.3 is 0 Å². The quantitative estimate of drug-likeness (QED) is 0.460. The molecule has 16 heavy (non-hydrogen) atoms. The first kappa shape index (κ1) is 14.2. The van der Waals surface area contributed by atoms with E-state index in [-0.39, 0.29) is 0 Å². The molecule has 1 aliphatic rings. The Morgan fingerprint density at radius 3 is 2.19 bits per heavy atom. The van der Waals surface area contributed by atoms with Crippen molar-refractivity contribution >= 4 is 11.8 Å². The second-order valence-electron chi connectivity index (χ2n) is 5.08. The molecule has 1 aliphatic heterocycles. The average Bonchev–Trinajstić information content (AvgIpc) is 2.29. The molecule has 0 radical (unpaired) electrons. The molecule has 0 bridgehead atoms. The van der Waals surface area contributed by atoms with Crippen LogP contribution in [0, 0.1) is 5.92 Å². The van der Waals surface area contributed by atoms with Crippen LogP contribution in [-0.2, 0) is 0 Å². The first-order chi connectivity index (χ1) is 7.84. The summed E-state index contributed by atoms with van der Waals surface area (Å²) in [4.78, 5) is 1.66. The zero-order valence-electron chi connectivity index (χ0n) is 11.1. The van der Waals surface area contributed by atoms with Crippen molar-refractivity contribution < 1.29 is 0 Å². The van der Waals surface area contributed by atoms with E-state index in [0.29, 0.717) is 0 Å². The van der Waals surface area contributed by atoms with Crippen molar-refractivity contribution in [3.8, 4) is 0 Å². The van der Waals surface area contributed by atoms with Gasteiger partial charge in [0.2, 0.25) is 0 Å². The topological polar surface area (TPSA) is 0 Å². The molecule has 1 rings (SSSR count). The first-order valence-electron chi connectivity index (χ1n) is 7.17. The van der Waals surface area contributed by atoms with Gasteiger partial charge in [0.05, 0.1) is 0 Å². The van der Waals surface area contributed by atoms with Crippen LogP contribution in [0.2, 0.25) is 0 Å². The van der Waals surface area contributed by atoms with E-state index in [1.54, 1.807) is 4.91 Å². The van der Waals surface area contributed by atoms with Gasteiger partial charge in [-0.3, -0.25) is 0 Å². The van der Waals surface area contributed by atoms with Gasteiger partial charge in [0, 0.05) is 5.75 Å². The zero-order chi connectivity index (χ0) is 11.6. The molecule has 0 aromatic heterocycles. The van der Waals surface area contributed by atoms with Gasteiger partial charge in [-0.05, 0) is 23.7 Å². The highest BCUT2D eigenvalue weighted by atomic mass is 32.2. The number of rotatable bonds is 9. The van der Waals surface area contributed by atoms with Crippen LogP contribution in [0.4, 0.5) is 0 Å². The van der Waals surface area contributed by atoms with Crippen molar-refractivity contribution in [1.82, 2.24) is 0 Å². The molecular formula is C15H28S. The van der Waals surface area contributed by atoms with Crippen molar-refractivity contribution in [3.05, 3.63) is 11.0 Å². The van der Waals surface area contributed by atoms with Crippen LogP contribution in [0.15, 0.2) is 11.0 Å². The summed E-state index contributed by atoms with van der Waals surface area (Å²) >= 11 is 2.05. The van der Waals surface area contributed by atoms with E-state index in [2.05, 4.69) is 31.7 Å². The molecule has 1 heteroatoms. The normalized spacial score (nSPS) is 22.4. The average molecular weight is 240 g/mol. The van der Waals surface area contributed by atoms with Crippen LogP contribution in [0.25, 0.3) is 0 Å². The van der Waals surface area contributed by atoms with Crippen molar-refractivity contribution in [2.24, 2.45) is 5.92 Å². The van der Waals surface area contributed by atoms with Crippen LogP contribution in [-0.4, -0.2) is 5.75 Å². The Morgan fingerprint density at radius 2 is 1.69 bits per heavy atom. The highest BCUT2D eigenvalue weighted by Crippen LogP contribution is 2.38. The maximum absolute atomic E-state index is 2.48. The minimum absolute atomic E-state index is 0.874.